The van der Waals surface area contributed by atoms with Crippen LogP contribution in [0.15, 0.2) is 30.6 Å². The highest BCUT2D eigenvalue weighted by atomic mass is 19.4. The quantitative estimate of drug-likeness (QED) is 0.657. The summed E-state index contributed by atoms with van der Waals surface area (Å²) in [5.41, 5.74) is -2.32. The van der Waals surface area contributed by atoms with Crippen molar-refractivity contribution in [1.82, 2.24) is 24.5 Å². The van der Waals surface area contributed by atoms with Crippen molar-refractivity contribution in [3.8, 4) is 0 Å². The maximum absolute atomic E-state index is 13.1. The van der Waals surface area contributed by atoms with E-state index in [4.69, 9.17) is 0 Å². The summed E-state index contributed by atoms with van der Waals surface area (Å²) in [7, 11) is 0. The van der Waals surface area contributed by atoms with E-state index in [-0.39, 0.29) is 35.4 Å². The number of halogens is 3. The largest absolute Gasteiger partial charge is 0.433 e. The summed E-state index contributed by atoms with van der Waals surface area (Å²) in [4.78, 5) is 28.6. The second kappa shape index (κ2) is 7.31. The lowest BCUT2D eigenvalue weighted by Gasteiger charge is -2.29. The summed E-state index contributed by atoms with van der Waals surface area (Å²) >= 11 is 0. The maximum atomic E-state index is 13.1. The number of carbonyl (C=O) groups excluding carboxylic acids is 1. The Hall–Kier alpha value is -3.08. The smallest absolute Gasteiger partial charge is 0.382 e. The number of nitrogens with one attached hydrogen (secondary N) is 1. The lowest BCUT2D eigenvalue weighted by molar-refractivity contribution is -0.141. The van der Waals surface area contributed by atoms with E-state index in [9.17, 15) is 23.1 Å². The monoisotopic (exact) mass is 420 g/mol. The Balaban J connectivity index is 1.64. The second-order valence-electron chi connectivity index (χ2n) is 7.50. The molecule has 0 saturated heterocycles. The Morgan fingerprint density at radius 1 is 1.23 bits per heavy atom. The zero-order chi connectivity index (χ0) is 21.5. The van der Waals surface area contributed by atoms with E-state index in [1.54, 1.807) is 10.6 Å². The number of rotatable bonds is 5. The number of anilines is 1. The summed E-state index contributed by atoms with van der Waals surface area (Å²) in [6.07, 6.45) is 0.399. The number of carbonyl (C=O) groups is 1. The number of hydrogen-bond donors (Lipinski definition) is 2. The minimum atomic E-state index is -4.58. The van der Waals surface area contributed by atoms with Crippen molar-refractivity contribution in [2.45, 2.75) is 50.4 Å². The van der Waals surface area contributed by atoms with Crippen LogP contribution in [-0.2, 0) is 16.6 Å². The molecule has 0 aliphatic heterocycles. The number of fused-ring (bicyclic) bond motifs is 1. The van der Waals surface area contributed by atoms with Crippen molar-refractivity contribution in [3.63, 3.8) is 0 Å². The molecule has 1 atom stereocenters. The molecule has 3 aromatic heterocycles. The normalized spacial score (nSPS) is 16.8. The molecule has 0 aromatic carbocycles. The molecule has 0 spiro atoms. The molecular weight excluding hydrogens is 401 g/mol. The Bertz CT molecular complexity index is 1080. The number of hydrogen-bond acceptors (Lipinski definition) is 6. The summed E-state index contributed by atoms with van der Waals surface area (Å²) in [6.45, 7) is 1.41. The zero-order valence-electron chi connectivity index (χ0n) is 16.0. The molecule has 0 bridgehead atoms. The van der Waals surface area contributed by atoms with Crippen LogP contribution in [-0.4, -0.2) is 35.5 Å². The summed E-state index contributed by atoms with van der Waals surface area (Å²) in [5, 5.41) is 13.2. The maximum Gasteiger partial charge on any atom is 0.433 e. The van der Waals surface area contributed by atoms with Gasteiger partial charge in [-0.25, -0.2) is 19.9 Å². The minimum absolute atomic E-state index is 0.0722. The van der Waals surface area contributed by atoms with E-state index < -0.39 is 23.4 Å². The molecule has 30 heavy (non-hydrogen) atoms. The van der Waals surface area contributed by atoms with Crippen LogP contribution >= 0.6 is 0 Å². The highest BCUT2D eigenvalue weighted by molar-refractivity contribution is 5.91. The van der Waals surface area contributed by atoms with Gasteiger partial charge in [0.15, 0.2) is 11.5 Å². The number of nitrogens with zero attached hydrogens (tertiary/aromatic N) is 5. The summed E-state index contributed by atoms with van der Waals surface area (Å²) in [6, 6.07) is 3.59. The number of amides is 1. The van der Waals surface area contributed by atoms with Gasteiger partial charge in [-0.1, -0.05) is 0 Å². The molecule has 0 radical (unpaired) electrons. The van der Waals surface area contributed by atoms with Crippen molar-refractivity contribution in [2.75, 3.05) is 5.32 Å². The van der Waals surface area contributed by atoms with E-state index in [1.807, 2.05) is 0 Å². The molecule has 3 heterocycles. The van der Waals surface area contributed by atoms with Crippen LogP contribution in [0.4, 0.5) is 19.1 Å². The van der Waals surface area contributed by atoms with Crippen LogP contribution in [0, 0.1) is 0 Å². The summed E-state index contributed by atoms with van der Waals surface area (Å²) in [5.74, 6) is -0.375. The van der Waals surface area contributed by atoms with Crippen molar-refractivity contribution >= 4 is 23.0 Å². The number of aliphatic hydroxyl groups is 1. The molecule has 3 aromatic rings. The Labute approximate surface area is 169 Å². The van der Waals surface area contributed by atoms with E-state index in [1.165, 1.54) is 25.4 Å². The highest BCUT2D eigenvalue weighted by Gasteiger charge is 2.35. The molecule has 8 nitrogen and oxygen atoms in total. The number of imidazole rings is 1. The van der Waals surface area contributed by atoms with Crippen LogP contribution in [0.5, 0.6) is 0 Å². The first-order valence-corrected chi connectivity index (χ1v) is 9.41. The van der Waals surface area contributed by atoms with E-state index >= 15 is 0 Å². The van der Waals surface area contributed by atoms with Crippen molar-refractivity contribution in [1.29, 1.82) is 0 Å². The topological polar surface area (TPSA) is 106 Å². The lowest BCUT2D eigenvalue weighted by atomic mass is 9.93. The van der Waals surface area contributed by atoms with Crippen molar-refractivity contribution < 1.29 is 23.1 Å². The second-order valence-corrected chi connectivity index (χ2v) is 7.50. The molecule has 158 valence electrons. The van der Waals surface area contributed by atoms with Crippen LogP contribution in [0.25, 0.3) is 11.2 Å². The van der Waals surface area contributed by atoms with Gasteiger partial charge < -0.3 is 5.11 Å². The first kappa shape index (κ1) is 20.2. The van der Waals surface area contributed by atoms with Gasteiger partial charge in [0.2, 0.25) is 11.9 Å². The first-order chi connectivity index (χ1) is 14.1. The third-order valence-electron chi connectivity index (χ3n) is 5.07. The average Bonchev–Trinajstić information content (AvgIpc) is 2.97. The van der Waals surface area contributed by atoms with E-state index in [0.29, 0.717) is 0 Å². The predicted molar refractivity (Wildman–Crippen MR) is 100 cm³/mol. The molecule has 1 fully saturated rings. The molecule has 1 aliphatic carbocycles. The van der Waals surface area contributed by atoms with Gasteiger partial charge in [-0.05, 0) is 44.4 Å². The highest BCUT2D eigenvalue weighted by Crippen LogP contribution is 2.38. The van der Waals surface area contributed by atoms with Crippen molar-refractivity contribution in [2.24, 2.45) is 0 Å². The van der Waals surface area contributed by atoms with Gasteiger partial charge in [0.1, 0.15) is 16.8 Å². The molecule has 0 unspecified atom stereocenters. The van der Waals surface area contributed by atoms with E-state index in [0.717, 1.165) is 25.3 Å². The van der Waals surface area contributed by atoms with Crippen LogP contribution in [0.2, 0.25) is 0 Å². The van der Waals surface area contributed by atoms with Gasteiger partial charge in [0.25, 0.3) is 0 Å². The SMILES string of the molecule is C[C@](O)(CC(=O)Nc1nc2ccc(C(F)(F)F)nc2n1C1CCC1)c1ncccn1. The molecule has 1 saturated carbocycles. The summed E-state index contributed by atoms with van der Waals surface area (Å²) < 4.78 is 40.9. The Morgan fingerprint density at radius 3 is 2.53 bits per heavy atom. The van der Waals surface area contributed by atoms with Crippen LogP contribution in [0.1, 0.15) is 50.2 Å². The molecule has 2 N–H and O–H groups in total. The fourth-order valence-corrected chi connectivity index (χ4v) is 3.35. The van der Waals surface area contributed by atoms with Gasteiger partial charge in [-0.3, -0.25) is 14.7 Å². The standard InChI is InChI=1S/C19H19F3N6O2/c1-18(30,16-23-8-3-9-24-16)10-14(29)27-17-25-12-6-7-13(19(20,21)22)26-15(12)28(17)11-4-2-5-11/h3,6-9,11,30H,2,4-5,10H2,1H3,(H,25,27,29)/t18-/m0/s1. The zero-order valence-corrected chi connectivity index (χ0v) is 16.0. The van der Waals surface area contributed by atoms with Gasteiger partial charge in [-0.15, -0.1) is 0 Å². The molecule has 4 rings (SSSR count). The number of pyridine rings is 1. The third kappa shape index (κ3) is 3.84. The lowest BCUT2D eigenvalue weighted by Crippen LogP contribution is -2.31. The molecule has 11 heteroatoms. The Kier molecular flexibility index (Phi) is 4.92. The van der Waals surface area contributed by atoms with Crippen molar-refractivity contribution in [3.05, 3.63) is 42.1 Å². The van der Waals surface area contributed by atoms with E-state index in [2.05, 4.69) is 25.3 Å². The number of aromatic nitrogens is 5. The predicted octanol–water partition coefficient (Wildman–Crippen LogP) is 3.20. The fourth-order valence-electron chi connectivity index (χ4n) is 3.35. The average molecular weight is 420 g/mol. The third-order valence-corrected chi connectivity index (χ3v) is 5.07. The number of alkyl halides is 3. The fraction of sp³-hybridized carbons (Fsp3) is 0.421. The van der Waals surface area contributed by atoms with Gasteiger partial charge in [0.05, 0.1) is 6.42 Å². The first-order valence-electron chi connectivity index (χ1n) is 9.41. The van der Waals surface area contributed by atoms with Gasteiger partial charge >= 0.3 is 6.18 Å². The van der Waals surface area contributed by atoms with Gasteiger partial charge in [0, 0.05) is 18.4 Å². The Morgan fingerprint density at radius 2 is 1.93 bits per heavy atom. The van der Waals surface area contributed by atoms with Gasteiger partial charge in [-0.2, -0.15) is 13.2 Å². The molecule has 1 aliphatic rings. The van der Waals surface area contributed by atoms with Crippen LogP contribution in [0.3, 0.4) is 0 Å². The minimum Gasteiger partial charge on any atom is -0.382 e. The molecule has 1 amide bonds. The van der Waals surface area contributed by atoms with Crippen LogP contribution < -0.4 is 5.32 Å². The molecular formula is C19H19F3N6O2.